The fourth-order valence-corrected chi connectivity index (χ4v) is 4.61. The van der Waals surface area contributed by atoms with E-state index < -0.39 is 0 Å². The molecule has 0 bridgehead atoms. The number of halogens is 1. The second kappa shape index (κ2) is 8.52. The quantitative estimate of drug-likeness (QED) is 0.814. The number of carbonyl (C=O) groups is 2. The van der Waals surface area contributed by atoms with E-state index in [0.717, 1.165) is 49.2 Å². The molecule has 2 aliphatic heterocycles. The third-order valence-corrected chi connectivity index (χ3v) is 6.91. The second-order valence-corrected chi connectivity index (χ2v) is 9.01. The number of nitrogens with zero attached hydrogens (tertiary/aromatic N) is 2. The van der Waals surface area contributed by atoms with E-state index in [4.69, 9.17) is 16.3 Å². The van der Waals surface area contributed by atoms with Crippen LogP contribution >= 0.6 is 11.6 Å². The highest BCUT2D eigenvalue weighted by molar-refractivity contribution is 6.31. The molecule has 1 aromatic carbocycles. The molecule has 1 aliphatic carbocycles. The molecule has 3 fully saturated rings. The third kappa shape index (κ3) is 4.53. The van der Waals surface area contributed by atoms with Gasteiger partial charge in [-0.15, -0.1) is 0 Å². The van der Waals surface area contributed by atoms with E-state index in [0.29, 0.717) is 19.1 Å². The van der Waals surface area contributed by atoms with Gasteiger partial charge in [-0.1, -0.05) is 23.7 Å². The molecule has 4 rings (SSSR count). The summed E-state index contributed by atoms with van der Waals surface area (Å²) in [5.74, 6) is 0.439. The lowest BCUT2D eigenvalue weighted by atomic mass is 10.0. The monoisotopic (exact) mass is 419 g/mol. The van der Waals surface area contributed by atoms with Crippen molar-refractivity contribution in [3.8, 4) is 0 Å². The molecule has 0 unspecified atom stereocenters. The van der Waals surface area contributed by atoms with E-state index in [2.05, 4.69) is 11.4 Å². The van der Waals surface area contributed by atoms with Crippen LogP contribution in [0.25, 0.3) is 0 Å². The molecule has 4 atom stereocenters. The van der Waals surface area contributed by atoms with Gasteiger partial charge in [0, 0.05) is 43.7 Å². The van der Waals surface area contributed by atoms with E-state index in [1.165, 1.54) is 5.56 Å². The minimum atomic E-state index is -0.289. The fraction of sp³-hybridized carbons (Fsp3) is 0.636. The normalized spacial score (nSPS) is 28.9. The summed E-state index contributed by atoms with van der Waals surface area (Å²) in [6.45, 7) is 4.02. The molecule has 7 heteroatoms. The standard InChI is InChI=1S/C22H30ClN3O3/c1-14-11-15(7-8-18(14)23)17-12-19(17)24-22(28)25(2)16-5-3-9-26(13-16)21(27)20-6-4-10-29-20/h7-8,11,16-17,19-20H,3-6,9-10,12-13H2,1-2H3,(H,24,28)/t16-,17+,19-,20+/m1/s1. The number of hydrogen-bond donors (Lipinski definition) is 1. The summed E-state index contributed by atoms with van der Waals surface area (Å²) in [7, 11) is 1.84. The van der Waals surface area contributed by atoms with Gasteiger partial charge < -0.3 is 19.9 Å². The SMILES string of the molecule is Cc1cc([C@@H]2C[C@H]2NC(=O)N(C)[C@@H]2CCCN(C(=O)[C@@H]3CCCO3)C2)ccc1Cl. The molecule has 29 heavy (non-hydrogen) atoms. The zero-order valence-electron chi connectivity index (χ0n) is 17.2. The number of benzene rings is 1. The van der Waals surface area contributed by atoms with Crippen LogP contribution in [0.15, 0.2) is 18.2 Å². The Balaban J connectivity index is 1.30. The highest BCUT2D eigenvalue weighted by Gasteiger charge is 2.41. The maximum Gasteiger partial charge on any atom is 0.317 e. The van der Waals surface area contributed by atoms with Crippen molar-refractivity contribution in [3.63, 3.8) is 0 Å². The Kier molecular flexibility index (Phi) is 6.02. The van der Waals surface area contributed by atoms with Crippen LogP contribution in [-0.2, 0) is 9.53 Å². The Morgan fingerprint density at radius 2 is 2.10 bits per heavy atom. The van der Waals surface area contributed by atoms with E-state index in [1.54, 1.807) is 4.90 Å². The summed E-state index contributed by atoms with van der Waals surface area (Å²) in [4.78, 5) is 29.1. The van der Waals surface area contributed by atoms with Gasteiger partial charge in [-0.25, -0.2) is 4.79 Å². The molecule has 1 aromatic rings. The minimum Gasteiger partial charge on any atom is -0.368 e. The van der Waals surface area contributed by atoms with E-state index in [-0.39, 0.29) is 30.1 Å². The third-order valence-electron chi connectivity index (χ3n) is 6.49. The Hall–Kier alpha value is -1.79. The van der Waals surface area contributed by atoms with Crippen molar-refractivity contribution in [2.24, 2.45) is 0 Å². The molecular weight excluding hydrogens is 390 g/mol. The van der Waals surface area contributed by atoms with Crippen molar-refractivity contribution in [2.45, 2.75) is 63.1 Å². The molecule has 2 heterocycles. The maximum absolute atomic E-state index is 12.8. The summed E-state index contributed by atoms with van der Waals surface area (Å²) in [6.07, 6.45) is 4.26. The lowest BCUT2D eigenvalue weighted by Crippen LogP contribution is -2.54. The summed E-state index contributed by atoms with van der Waals surface area (Å²) < 4.78 is 5.55. The number of likely N-dealkylation sites (tertiary alicyclic amines) is 1. The first-order chi connectivity index (χ1) is 13.9. The van der Waals surface area contributed by atoms with Gasteiger partial charge in [-0.2, -0.15) is 0 Å². The average molecular weight is 420 g/mol. The number of piperidine rings is 1. The first kappa shape index (κ1) is 20.5. The zero-order chi connectivity index (χ0) is 20.5. The fourth-order valence-electron chi connectivity index (χ4n) is 4.49. The number of likely N-dealkylation sites (N-methyl/N-ethyl adjacent to an activating group) is 1. The number of hydrogen-bond acceptors (Lipinski definition) is 3. The summed E-state index contributed by atoms with van der Waals surface area (Å²) in [5.41, 5.74) is 2.29. The maximum atomic E-state index is 12.8. The van der Waals surface area contributed by atoms with Gasteiger partial charge in [0.25, 0.3) is 5.91 Å². The van der Waals surface area contributed by atoms with Crippen LogP contribution in [-0.4, -0.2) is 66.7 Å². The highest BCUT2D eigenvalue weighted by atomic mass is 35.5. The largest absolute Gasteiger partial charge is 0.368 e. The molecule has 2 saturated heterocycles. The molecule has 0 spiro atoms. The smallest absolute Gasteiger partial charge is 0.317 e. The molecular formula is C22H30ClN3O3. The zero-order valence-corrected chi connectivity index (χ0v) is 18.0. The Morgan fingerprint density at radius 3 is 2.83 bits per heavy atom. The number of rotatable bonds is 4. The summed E-state index contributed by atoms with van der Waals surface area (Å²) in [6, 6.07) is 6.24. The van der Waals surface area contributed by atoms with Gasteiger partial charge >= 0.3 is 6.03 Å². The van der Waals surface area contributed by atoms with Crippen molar-refractivity contribution in [1.29, 1.82) is 0 Å². The number of nitrogens with one attached hydrogen (secondary N) is 1. The van der Waals surface area contributed by atoms with E-state index in [1.807, 2.05) is 31.0 Å². The van der Waals surface area contributed by atoms with Crippen molar-refractivity contribution in [1.82, 2.24) is 15.1 Å². The van der Waals surface area contributed by atoms with Crippen LogP contribution in [0.4, 0.5) is 4.79 Å². The molecule has 1 N–H and O–H groups in total. The van der Waals surface area contributed by atoms with Gasteiger partial charge in [0.2, 0.25) is 0 Å². The van der Waals surface area contributed by atoms with Crippen LogP contribution in [0, 0.1) is 6.92 Å². The van der Waals surface area contributed by atoms with Gasteiger partial charge in [0.15, 0.2) is 0 Å². The van der Waals surface area contributed by atoms with Crippen molar-refractivity contribution in [3.05, 3.63) is 34.3 Å². The van der Waals surface area contributed by atoms with Gasteiger partial charge in [-0.05, 0) is 56.2 Å². The molecule has 3 amide bonds. The number of ether oxygens (including phenoxy) is 1. The molecule has 158 valence electrons. The van der Waals surface area contributed by atoms with Gasteiger partial charge in [0.1, 0.15) is 6.10 Å². The number of amides is 3. The molecule has 6 nitrogen and oxygen atoms in total. The number of carbonyl (C=O) groups excluding carboxylic acids is 2. The molecule has 3 aliphatic rings. The number of aryl methyl sites for hydroxylation is 1. The lowest BCUT2D eigenvalue weighted by Gasteiger charge is -2.38. The predicted octanol–water partition coefficient (Wildman–Crippen LogP) is 3.32. The van der Waals surface area contributed by atoms with E-state index in [9.17, 15) is 9.59 Å². The van der Waals surface area contributed by atoms with Crippen LogP contribution in [0.1, 0.15) is 49.1 Å². The Bertz CT molecular complexity index is 781. The second-order valence-electron chi connectivity index (χ2n) is 8.60. The van der Waals surface area contributed by atoms with Crippen LogP contribution in [0.3, 0.4) is 0 Å². The number of urea groups is 1. The van der Waals surface area contributed by atoms with Crippen molar-refractivity contribution < 1.29 is 14.3 Å². The van der Waals surface area contributed by atoms with Crippen molar-refractivity contribution >= 4 is 23.5 Å². The van der Waals surface area contributed by atoms with Gasteiger partial charge in [-0.3, -0.25) is 4.79 Å². The van der Waals surface area contributed by atoms with Crippen LogP contribution in [0.2, 0.25) is 5.02 Å². The first-order valence-corrected chi connectivity index (χ1v) is 11.0. The van der Waals surface area contributed by atoms with Crippen LogP contribution < -0.4 is 5.32 Å². The minimum absolute atomic E-state index is 0.0454. The summed E-state index contributed by atoms with van der Waals surface area (Å²) >= 11 is 6.12. The van der Waals surface area contributed by atoms with Crippen LogP contribution in [0.5, 0.6) is 0 Å². The highest BCUT2D eigenvalue weighted by Crippen LogP contribution is 2.41. The first-order valence-electron chi connectivity index (χ1n) is 10.6. The molecule has 0 aromatic heterocycles. The van der Waals surface area contributed by atoms with E-state index >= 15 is 0 Å². The van der Waals surface area contributed by atoms with Gasteiger partial charge in [0.05, 0.1) is 6.04 Å². The molecule has 1 saturated carbocycles. The predicted molar refractivity (Wildman–Crippen MR) is 112 cm³/mol. The molecule has 0 radical (unpaired) electrons. The lowest BCUT2D eigenvalue weighted by molar-refractivity contribution is -0.142. The average Bonchev–Trinajstić information content (AvgIpc) is 3.26. The van der Waals surface area contributed by atoms with Crippen molar-refractivity contribution in [2.75, 3.05) is 26.7 Å². The topological polar surface area (TPSA) is 61.9 Å². The Morgan fingerprint density at radius 1 is 1.28 bits per heavy atom. The summed E-state index contributed by atoms with van der Waals surface area (Å²) in [5, 5.41) is 3.93. The Labute approximate surface area is 177 Å².